The van der Waals surface area contributed by atoms with Crippen LogP contribution in [0.2, 0.25) is 5.02 Å². The molecule has 0 saturated heterocycles. The Morgan fingerprint density at radius 3 is 2.52 bits per heavy atom. The molecule has 2 heterocycles. The maximum absolute atomic E-state index is 13.5. The predicted octanol–water partition coefficient (Wildman–Crippen LogP) is 4.71. The summed E-state index contributed by atoms with van der Waals surface area (Å²) in [7, 11) is 0. The number of halogens is 1. The molecule has 0 spiro atoms. The van der Waals surface area contributed by atoms with Gasteiger partial charge in [0.25, 0.3) is 5.56 Å². The number of nitrogens with zero attached hydrogens (tertiary/aromatic N) is 2. The fourth-order valence-electron chi connectivity index (χ4n) is 3.32. The molecule has 2 aromatic carbocycles. The molecule has 0 radical (unpaired) electrons. The number of hydrogen-bond donors (Lipinski definition) is 1. The summed E-state index contributed by atoms with van der Waals surface area (Å²) in [6, 6.07) is 17.1. The van der Waals surface area contributed by atoms with E-state index in [1.165, 1.54) is 11.3 Å². The lowest BCUT2D eigenvalue weighted by atomic mass is 10.1. The largest absolute Gasteiger partial charge is 0.370 e. The van der Waals surface area contributed by atoms with Crippen LogP contribution in [0.3, 0.4) is 0 Å². The molecule has 29 heavy (non-hydrogen) atoms. The summed E-state index contributed by atoms with van der Waals surface area (Å²) in [6.07, 6.45) is 0.645. The van der Waals surface area contributed by atoms with E-state index in [2.05, 4.69) is 0 Å². The first-order valence-corrected chi connectivity index (χ1v) is 10.4. The molecular weight excluding hydrogens is 406 g/mol. The van der Waals surface area contributed by atoms with Crippen molar-refractivity contribution in [2.24, 2.45) is 5.73 Å². The first kappa shape index (κ1) is 19.4. The number of hydrogen-bond acceptors (Lipinski definition) is 4. The third kappa shape index (κ3) is 3.81. The number of fused-ring (bicyclic) bond motifs is 1. The van der Waals surface area contributed by atoms with E-state index in [1.54, 1.807) is 10.6 Å². The molecule has 4 rings (SSSR count). The number of benzene rings is 2. The molecule has 4 aromatic rings. The molecule has 0 aliphatic rings. The quantitative estimate of drug-likeness (QED) is 0.487. The molecule has 0 fully saturated rings. The van der Waals surface area contributed by atoms with Gasteiger partial charge in [0.2, 0.25) is 5.91 Å². The Balaban J connectivity index is 1.94. The molecular formula is C22H18ClN3O2S. The first-order valence-electron chi connectivity index (χ1n) is 9.17. The summed E-state index contributed by atoms with van der Waals surface area (Å²) in [4.78, 5) is 30.2. The molecule has 0 atom stereocenters. The monoisotopic (exact) mass is 423 g/mol. The van der Waals surface area contributed by atoms with Crippen molar-refractivity contribution in [2.45, 2.75) is 19.4 Å². The Labute approximate surface area is 176 Å². The molecule has 0 saturated carbocycles. The average Bonchev–Trinajstić information content (AvgIpc) is 3.15. The van der Waals surface area contributed by atoms with Gasteiger partial charge in [-0.3, -0.25) is 14.2 Å². The van der Waals surface area contributed by atoms with Gasteiger partial charge in [-0.05, 0) is 24.1 Å². The van der Waals surface area contributed by atoms with E-state index in [0.29, 0.717) is 39.6 Å². The summed E-state index contributed by atoms with van der Waals surface area (Å²) >= 11 is 7.83. The van der Waals surface area contributed by atoms with Gasteiger partial charge in [0.1, 0.15) is 10.7 Å². The summed E-state index contributed by atoms with van der Waals surface area (Å²) in [5.41, 5.74) is 7.64. The van der Waals surface area contributed by atoms with Crippen molar-refractivity contribution in [3.05, 3.63) is 75.4 Å². The lowest BCUT2D eigenvalue weighted by molar-refractivity contribution is -0.118. The van der Waals surface area contributed by atoms with Crippen molar-refractivity contribution in [3.8, 4) is 22.5 Å². The number of rotatable bonds is 6. The number of nitrogens with two attached hydrogens (primary N) is 1. The van der Waals surface area contributed by atoms with Crippen LogP contribution in [0.15, 0.2) is 64.8 Å². The third-order valence-electron chi connectivity index (χ3n) is 4.70. The van der Waals surface area contributed by atoms with Gasteiger partial charge < -0.3 is 5.73 Å². The second-order valence-corrected chi connectivity index (χ2v) is 7.90. The highest BCUT2D eigenvalue weighted by Gasteiger charge is 2.19. The fraction of sp³-hybridized carbons (Fsp3) is 0.136. The zero-order valence-corrected chi connectivity index (χ0v) is 17.0. The van der Waals surface area contributed by atoms with Gasteiger partial charge in [0, 0.05) is 29.5 Å². The molecule has 7 heteroatoms. The summed E-state index contributed by atoms with van der Waals surface area (Å²) < 4.78 is 1.60. The molecule has 2 N–H and O–H groups in total. The van der Waals surface area contributed by atoms with Gasteiger partial charge in [-0.15, -0.1) is 11.3 Å². The van der Waals surface area contributed by atoms with Crippen molar-refractivity contribution >= 4 is 39.1 Å². The van der Waals surface area contributed by atoms with Crippen LogP contribution in [0.25, 0.3) is 32.7 Å². The number of carbonyl (C=O) groups excluding carboxylic acids is 1. The number of carbonyl (C=O) groups is 1. The highest BCUT2D eigenvalue weighted by atomic mass is 35.5. The van der Waals surface area contributed by atoms with E-state index < -0.39 is 5.91 Å². The molecule has 146 valence electrons. The van der Waals surface area contributed by atoms with E-state index in [-0.39, 0.29) is 12.0 Å². The molecule has 2 aromatic heterocycles. The second kappa shape index (κ2) is 8.19. The second-order valence-electron chi connectivity index (χ2n) is 6.64. The van der Waals surface area contributed by atoms with Crippen LogP contribution in [0.1, 0.15) is 12.8 Å². The van der Waals surface area contributed by atoms with Gasteiger partial charge in [-0.1, -0.05) is 54.1 Å². The van der Waals surface area contributed by atoms with Crippen LogP contribution in [0, 0.1) is 0 Å². The van der Waals surface area contributed by atoms with Crippen LogP contribution in [0.5, 0.6) is 0 Å². The van der Waals surface area contributed by atoms with Crippen molar-refractivity contribution in [1.82, 2.24) is 9.55 Å². The smallest absolute Gasteiger partial charge is 0.263 e. The summed E-state index contributed by atoms with van der Waals surface area (Å²) in [6.45, 7) is 0.329. The Morgan fingerprint density at radius 1 is 1.07 bits per heavy atom. The SMILES string of the molecule is NC(=O)CCCn1c(-c2ccccc2Cl)nc2scc(-c3ccccc3)c2c1=O. The minimum absolute atomic E-state index is 0.144. The lowest BCUT2D eigenvalue weighted by Gasteiger charge is -2.14. The Bertz CT molecular complexity index is 1250. The van der Waals surface area contributed by atoms with Crippen LogP contribution in [0.4, 0.5) is 0 Å². The number of thiophene rings is 1. The van der Waals surface area contributed by atoms with Crippen molar-refractivity contribution in [1.29, 1.82) is 0 Å². The molecule has 1 amide bonds. The minimum atomic E-state index is -0.396. The number of amides is 1. The predicted molar refractivity (Wildman–Crippen MR) is 118 cm³/mol. The van der Waals surface area contributed by atoms with E-state index in [4.69, 9.17) is 22.3 Å². The molecule has 5 nitrogen and oxygen atoms in total. The van der Waals surface area contributed by atoms with Crippen LogP contribution in [-0.2, 0) is 11.3 Å². The van der Waals surface area contributed by atoms with Gasteiger partial charge in [-0.2, -0.15) is 0 Å². The first-order chi connectivity index (χ1) is 14.1. The van der Waals surface area contributed by atoms with E-state index >= 15 is 0 Å². The molecule has 0 aliphatic heterocycles. The van der Waals surface area contributed by atoms with E-state index in [1.807, 2.05) is 53.9 Å². The number of primary amides is 1. The van der Waals surface area contributed by atoms with Crippen molar-refractivity contribution < 1.29 is 4.79 Å². The normalized spacial score (nSPS) is 11.1. The molecule has 0 bridgehead atoms. The van der Waals surface area contributed by atoms with E-state index in [9.17, 15) is 9.59 Å². The summed E-state index contributed by atoms with van der Waals surface area (Å²) in [5, 5.41) is 3.05. The van der Waals surface area contributed by atoms with E-state index in [0.717, 1.165) is 11.1 Å². The zero-order chi connectivity index (χ0) is 20.4. The Morgan fingerprint density at radius 2 is 1.79 bits per heavy atom. The van der Waals surface area contributed by atoms with Gasteiger partial charge >= 0.3 is 0 Å². The van der Waals surface area contributed by atoms with Crippen LogP contribution >= 0.6 is 22.9 Å². The van der Waals surface area contributed by atoms with Gasteiger partial charge in [-0.25, -0.2) is 4.98 Å². The fourth-order valence-corrected chi connectivity index (χ4v) is 4.48. The van der Waals surface area contributed by atoms with Gasteiger partial charge in [0.05, 0.1) is 10.4 Å². The Hall–Kier alpha value is -2.96. The molecule has 0 aliphatic carbocycles. The average molecular weight is 424 g/mol. The molecule has 0 unspecified atom stereocenters. The maximum atomic E-state index is 13.5. The van der Waals surface area contributed by atoms with Crippen LogP contribution < -0.4 is 11.3 Å². The topological polar surface area (TPSA) is 78.0 Å². The van der Waals surface area contributed by atoms with Crippen molar-refractivity contribution in [3.63, 3.8) is 0 Å². The standard InChI is InChI=1S/C22H18ClN3O2S/c23-17-10-5-4-9-15(17)20-25-21-19(22(28)26(20)12-6-11-18(24)27)16(13-29-21)14-7-2-1-3-8-14/h1-5,7-10,13H,6,11-12H2,(H2,24,27). The minimum Gasteiger partial charge on any atom is -0.370 e. The lowest BCUT2D eigenvalue weighted by Crippen LogP contribution is -2.24. The highest BCUT2D eigenvalue weighted by molar-refractivity contribution is 7.17. The number of aromatic nitrogens is 2. The van der Waals surface area contributed by atoms with Crippen molar-refractivity contribution in [2.75, 3.05) is 0 Å². The maximum Gasteiger partial charge on any atom is 0.263 e. The Kier molecular flexibility index (Phi) is 5.47. The summed E-state index contributed by atoms with van der Waals surface area (Å²) in [5.74, 6) is 0.103. The third-order valence-corrected chi connectivity index (χ3v) is 5.90. The zero-order valence-electron chi connectivity index (χ0n) is 15.5. The van der Waals surface area contributed by atoms with Gasteiger partial charge in [0.15, 0.2) is 0 Å². The van der Waals surface area contributed by atoms with Crippen LogP contribution in [-0.4, -0.2) is 15.5 Å². The highest BCUT2D eigenvalue weighted by Crippen LogP contribution is 2.33.